The van der Waals surface area contributed by atoms with Gasteiger partial charge in [-0.05, 0) is 12.1 Å². The quantitative estimate of drug-likeness (QED) is 0.658. The van der Waals surface area contributed by atoms with Crippen molar-refractivity contribution >= 4 is 5.69 Å². The monoisotopic (exact) mass is 177 g/mol. The average Bonchev–Trinajstić information content (AvgIpc) is 2.45. The van der Waals surface area contributed by atoms with Crippen LogP contribution >= 0.6 is 0 Å². The summed E-state index contributed by atoms with van der Waals surface area (Å²) in [6.45, 7) is 6.49. The van der Waals surface area contributed by atoms with Crippen LogP contribution in [-0.2, 0) is 0 Å². The highest BCUT2D eigenvalue weighted by molar-refractivity contribution is 5.59. The van der Waals surface area contributed by atoms with Gasteiger partial charge in [-0.25, -0.2) is 0 Å². The summed E-state index contributed by atoms with van der Waals surface area (Å²) in [5.74, 6) is 0.961. The molecule has 13 heavy (non-hydrogen) atoms. The number of benzene rings is 1. The molecule has 1 N–H and O–H groups in total. The fourth-order valence-electron chi connectivity index (χ4n) is 1.38. The Bertz CT molecular complexity index is 289. The minimum absolute atomic E-state index is 0.0879. The van der Waals surface area contributed by atoms with Gasteiger partial charge in [-0.2, -0.15) is 0 Å². The van der Waals surface area contributed by atoms with Crippen molar-refractivity contribution in [1.29, 1.82) is 0 Å². The minimum Gasteiger partial charge on any atom is -0.468 e. The van der Waals surface area contributed by atoms with Crippen LogP contribution in [0.3, 0.4) is 0 Å². The molecule has 0 amide bonds. The molecule has 1 aromatic rings. The van der Waals surface area contributed by atoms with E-state index in [0.29, 0.717) is 0 Å². The summed E-state index contributed by atoms with van der Waals surface area (Å²) in [5.41, 5.74) is 1.22. The van der Waals surface area contributed by atoms with Crippen LogP contribution in [0.15, 0.2) is 24.3 Å². The highest BCUT2D eigenvalue weighted by Crippen LogP contribution is 2.36. The topological polar surface area (TPSA) is 21.3 Å². The first kappa shape index (κ1) is 8.42. The van der Waals surface area contributed by atoms with Crippen molar-refractivity contribution in [2.45, 2.75) is 27.0 Å². The first-order chi connectivity index (χ1) is 6.07. The summed E-state index contributed by atoms with van der Waals surface area (Å²) >= 11 is 0. The molecule has 0 aromatic heterocycles. The molecule has 2 nitrogen and oxygen atoms in total. The van der Waals surface area contributed by atoms with Crippen LogP contribution < -0.4 is 10.1 Å². The second kappa shape index (κ2) is 2.66. The number of anilines is 1. The Hall–Kier alpha value is -1.18. The second-order valence-corrected chi connectivity index (χ2v) is 4.50. The van der Waals surface area contributed by atoms with Gasteiger partial charge in [-0.1, -0.05) is 32.9 Å². The molecule has 0 spiro atoms. The van der Waals surface area contributed by atoms with E-state index < -0.39 is 0 Å². The normalized spacial score (nSPS) is 20.4. The Kier molecular flexibility index (Phi) is 1.72. The van der Waals surface area contributed by atoms with Gasteiger partial charge in [0, 0.05) is 5.41 Å². The molecule has 0 radical (unpaired) electrons. The Balaban J connectivity index is 2.23. The van der Waals surface area contributed by atoms with Crippen LogP contribution in [0.2, 0.25) is 0 Å². The average molecular weight is 177 g/mol. The van der Waals surface area contributed by atoms with Gasteiger partial charge >= 0.3 is 0 Å². The molecule has 0 saturated carbocycles. The van der Waals surface area contributed by atoms with Gasteiger partial charge in [0.25, 0.3) is 0 Å². The van der Waals surface area contributed by atoms with E-state index in [0.717, 1.165) is 11.4 Å². The lowest BCUT2D eigenvalue weighted by Crippen LogP contribution is -2.35. The number of nitrogens with one attached hydrogen (secondary N) is 1. The van der Waals surface area contributed by atoms with Crippen molar-refractivity contribution in [3.63, 3.8) is 0 Å². The predicted octanol–water partition coefficient (Wildman–Crippen LogP) is 2.86. The summed E-state index contributed by atoms with van der Waals surface area (Å²) in [7, 11) is 0. The van der Waals surface area contributed by atoms with Gasteiger partial charge < -0.3 is 10.1 Å². The van der Waals surface area contributed by atoms with Crippen LogP contribution in [0.5, 0.6) is 5.75 Å². The highest BCUT2D eigenvalue weighted by atomic mass is 16.5. The zero-order chi connectivity index (χ0) is 9.47. The maximum atomic E-state index is 5.76. The van der Waals surface area contributed by atoms with Crippen molar-refractivity contribution in [2.24, 2.45) is 5.41 Å². The molecule has 2 rings (SSSR count). The number of para-hydroxylation sites is 2. The summed E-state index contributed by atoms with van der Waals surface area (Å²) in [4.78, 5) is 0. The van der Waals surface area contributed by atoms with Gasteiger partial charge in [-0.15, -0.1) is 0 Å². The molecular weight excluding hydrogens is 162 g/mol. The molecule has 1 aliphatic heterocycles. The van der Waals surface area contributed by atoms with Gasteiger partial charge in [0.1, 0.15) is 5.75 Å². The van der Waals surface area contributed by atoms with Crippen molar-refractivity contribution in [2.75, 3.05) is 5.32 Å². The molecule has 1 aromatic carbocycles. The molecule has 1 atom stereocenters. The van der Waals surface area contributed by atoms with Crippen LogP contribution in [0.4, 0.5) is 5.69 Å². The summed E-state index contributed by atoms with van der Waals surface area (Å²) in [5, 5.41) is 3.35. The zero-order valence-corrected chi connectivity index (χ0v) is 8.29. The fourth-order valence-corrected chi connectivity index (χ4v) is 1.38. The smallest absolute Gasteiger partial charge is 0.175 e. The largest absolute Gasteiger partial charge is 0.468 e. The maximum Gasteiger partial charge on any atom is 0.175 e. The van der Waals surface area contributed by atoms with Crippen LogP contribution in [0, 0.1) is 5.41 Å². The van der Waals surface area contributed by atoms with Crippen molar-refractivity contribution in [3.8, 4) is 5.75 Å². The van der Waals surface area contributed by atoms with E-state index in [1.54, 1.807) is 0 Å². The molecular formula is C11H15NO. The zero-order valence-electron chi connectivity index (χ0n) is 8.29. The third kappa shape index (κ3) is 1.48. The lowest BCUT2D eigenvalue weighted by molar-refractivity contribution is 0.127. The van der Waals surface area contributed by atoms with Gasteiger partial charge in [0.05, 0.1) is 5.69 Å². The third-order valence-corrected chi connectivity index (χ3v) is 2.21. The summed E-state index contributed by atoms with van der Waals surface area (Å²) in [6, 6.07) is 8.04. The summed E-state index contributed by atoms with van der Waals surface area (Å²) < 4.78 is 5.76. The predicted molar refractivity (Wildman–Crippen MR) is 53.9 cm³/mol. The SMILES string of the molecule is CC(C)(C)C1Nc2ccccc2O1. The Morgan fingerprint density at radius 2 is 1.92 bits per heavy atom. The lowest BCUT2D eigenvalue weighted by atomic mass is 9.94. The third-order valence-electron chi connectivity index (χ3n) is 2.21. The molecule has 0 bridgehead atoms. The molecule has 2 heteroatoms. The Morgan fingerprint density at radius 1 is 1.23 bits per heavy atom. The van der Waals surface area contributed by atoms with Gasteiger partial charge in [0.15, 0.2) is 6.23 Å². The van der Waals surface area contributed by atoms with E-state index >= 15 is 0 Å². The van der Waals surface area contributed by atoms with E-state index in [1.165, 1.54) is 0 Å². The van der Waals surface area contributed by atoms with E-state index in [-0.39, 0.29) is 11.6 Å². The van der Waals surface area contributed by atoms with Crippen LogP contribution in [0.1, 0.15) is 20.8 Å². The number of ether oxygens (including phenoxy) is 1. The molecule has 0 aliphatic carbocycles. The Morgan fingerprint density at radius 3 is 2.54 bits per heavy atom. The lowest BCUT2D eigenvalue weighted by Gasteiger charge is -2.26. The molecule has 70 valence electrons. The number of fused-ring (bicyclic) bond motifs is 1. The van der Waals surface area contributed by atoms with E-state index in [2.05, 4.69) is 26.1 Å². The molecule has 0 fully saturated rings. The molecule has 1 heterocycles. The van der Waals surface area contributed by atoms with Gasteiger partial charge in [0.2, 0.25) is 0 Å². The Labute approximate surface area is 78.9 Å². The first-order valence-corrected chi connectivity index (χ1v) is 4.59. The minimum atomic E-state index is 0.0879. The highest BCUT2D eigenvalue weighted by Gasteiger charge is 2.31. The first-order valence-electron chi connectivity index (χ1n) is 4.59. The second-order valence-electron chi connectivity index (χ2n) is 4.50. The standard InChI is InChI=1S/C11H15NO/c1-11(2,3)10-12-8-6-4-5-7-9(8)13-10/h4-7,10,12H,1-3H3. The van der Waals surface area contributed by atoms with Crippen LogP contribution in [-0.4, -0.2) is 6.23 Å². The molecule has 1 unspecified atom stereocenters. The van der Waals surface area contributed by atoms with Gasteiger partial charge in [-0.3, -0.25) is 0 Å². The van der Waals surface area contributed by atoms with Crippen LogP contribution in [0.25, 0.3) is 0 Å². The number of rotatable bonds is 0. The number of hydrogen-bond donors (Lipinski definition) is 1. The van der Waals surface area contributed by atoms with Crippen molar-refractivity contribution < 1.29 is 4.74 Å². The van der Waals surface area contributed by atoms with Crippen molar-refractivity contribution in [3.05, 3.63) is 24.3 Å². The maximum absolute atomic E-state index is 5.76. The fraction of sp³-hybridized carbons (Fsp3) is 0.455. The number of hydrogen-bond acceptors (Lipinski definition) is 2. The van der Waals surface area contributed by atoms with E-state index in [1.807, 2.05) is 24.3 Å². The van der Waals surface area contributed by atoms with Crippen molar-refractivity contribution in [1.82, 2.24) is 0 Å². The molecule has 0 saturated heterocycles. The van der Waals surface area contributed by atoms with E-state index in [4.69, 9.17) is 4.74 Å². The van der Waals surface area contributed by atoms with E-state index in [9.17, 15) is 0 Å². The summed E-state index contributed by atoms with van der Waals surface area (Å²) in [6.07, 6.45) is 0.0879. The molecule has 1 aliphatic rings.